The molecule has 15 heavy (non-hydrogen) atoms. The van der Waals surface area contributed by atoms with E-state index in [0.29, 0.717) is 6.54 Å². The number of alkyl halides is 3. The van der Waals surface area contributed by atoms with Crippen molar-refractivity contribution in [2.45, 2.75) is 23.7 Å². The van der Waals surface area contributed by atoms with Gasteiger partial charge in [0.25, 0.3) is 0 Å². The van der Waals surface area contributed by atoms with Crippen molar-refractivity contribution < 1.29 is 9.90 Å². The number of carboxylic acids is 1. The van der Waals surface area contributed by atoms with Crippen molar-refractivity contribution in [3.63, 3.8) is 0 Å². The summed E-state index contributed by atoms with van der Waals surface area (Å²) >= 11 is 17.0. The van der Waals surface area contributed by atoms with Crippen LogP contribution < -0.4 is 0 Å². The first-order chi connectivity index (χ1) is 6.88. The van der Waals surface area contributed by atoms with E-state index < -0.39 is 9.76 Å². The van der Waals surface area contributed by atoms with Crippen molar-refractivity contribution in [2.24, 2.45) is 0 Å². The molecule has 84 valence electrons. The second-order valence-electron chi connectivity index (χ2n) is 2.81. The van der Waals surface area contributed by atoms with Gasteiger partial charge in [-0.3, -0.25) is 0 Å². The highest BCUT2D eigenvalue weighted by molar-refractivity contribution is 6.66. The lowest BCUT2D eigenvalue weighted by molar-refractivity contribution is 0.0689. The van der Waals surface area contributed by atoms with Crippen molar-refractivity contribution >= 4 is 40.8 Å². The average molecular weight is 273 g/mol. The monoisotopic (exact) mass is 271 g/mol. The summed E-state index contributed by atoms with van der Waals surface area (Å²) in [5, 5.41) is 15.9. The summed E-state index contributed by atoms with van der Waals surface area (Å²) in [6, 6.07) is 0. The van der Waals surface area contributed by atoms with Gasteiger partial charge in [-0.15, -0.1) is 5.10 Å². The minimum atomic E-state index is -1.84. The molecular weight excluding hydrogens is 264 g/mol. The SMILES string of the molecule is CCCn1nnc(C(=O)O)c1C(Cl)(Cl)Cl. The fraction of sp³-hybridized carbons (Fsp3) is 0.571. The number of carboxylic acid groups (broad SMARTS) is 1. The van der Waals surface area contributed by atoms with E-state index in [2.05, 4.69) is 10.3 Å². The normalized spacial score (nSPS) is 11.7. The van der Waals surface area contributed by atoms with E-state index in [1.165, 1.54) is 4.68 Å². The van der Waals surface area contributed by atoms with Crippen LogP contribution in [0.15, 0.2) is 0 Å². The molecule has 0 aliphatic heterocycles. The molecular formula is C7H8Cl3N3O2. The molecule has 0 spiro atoms. The molecule has 0 aromatic carbocycles. The highest BCUT2D eigenvalue weighted by Gasteiger charge is 2.35. The largest absolute Gasteiger partial charge is 0.476 e. The first-order valence-corrected chi connectivity index (χ1v) is 5.25. The lowest BCUT2D eigenvalue weighted by atomic mass is 10.3. The fourth-order valence-corrected chi connectivity index (χ4v) is 1.67. The lowest BCUT2D eigenvalue weighted by Gasteiger charge is -2.12. The van der Waals surface area contributed by atoms with Gasteiger partial charge in [0.1, 0.15) is 5.69 Å². The molecule has 0 saturated heterocycles. The van der Waals surface area contributed by atoms with Crippen molar-refractivity contribution in [1.82, 2.24) is 15.0 Å². The molecule has 1 N–H and O–H groups in total. The van der Waals surface area contributed by atoms with Crippen LogP contribution in [0.2, 0.25) is 0 Å². The van der Waals surface area contributed by atoms with Crippen LogP contribution in [-0.4, -0.2) is 26.1 Å². The molecule has 0 aliphatic rings. The molecule has 0 amide bonds. The van der Waals surface area contributed by atoms with Gasteiger partial charge >= 0.3 is 5.97 Å². The highest BCUT2D eigenvalue weighted by atomic mass is 35.6. The molecule has 1 aromatic heterocycles. The number of halogens is 3. The van der Waals surface area contributed by atoms with E-state index in [-0.39, 0.29) is 11.4 Å². The molecule has 0 radical (unpaired) electrons. The fourth-order valence-electron chi connectivity index (χ4n) is 1.11. The maximum absolute atomic E-state index is 10.8. The van der Waals surface area contributed by atoms with Crippen LogP contribution in [0.4, 0.5) is 0 Å². The Morgan fingerprint density at radius 1 is 1.53 bits per heavy atom. The molecule has 1 rings (SSSR count). The third kappa shape index (κ3) is 2.74. The maximum atomic E-state index is 10.8. The zero-order chi connectivity index (χ0) is 11.6. The Balaban J connectivity index is 3.27. The summed E-state index contributed by atoms with van der Waals surface area (Å²) in [5.41, 5.74) is -0.342. The average Bonchev–Trinajstić information content (AvgIpc) is 2.47. The second kappa shape index (κ2) is 4.55. The van der Waals surface area contributed by atoms with E-state index in [1.807, 2.05) is 6.92 Å². The smallest absolute Gasteiger partial charge is 0.358 e. The number of nitrogens with zero attached hydrogens (tertiary/aromatic N) is 3. The third-order valence-electron chi connectivity index (χ3n) is 1.64. The first kappa shape index (κ1) is 12.5. The third-order valence-corrected chi connectivity index (χ3v) is 2.18. The minimum Gasteiger partial charge on any atom is -0.476 e. The molecule has 1 heterocycles. The van der Waals surface area contributed by atoms with E-state index >= 15 is 0 Å². The van der Waals surface area contributed by atoms with E-state index in [0.717, 1.165) is 6.42 Å². The zero-order valence-corrected chi connectivity index (χ0v) is 10.0. The number of carbonyl (C=O) groups is 1. The summed E-state index contributed by atoms with van der Waals surface area (Å²) in [6.07, 6.45) is 0.732. The van der Waals surface area contributed by atoms with Crippen LogP contribution in [-0.2, 0) is 10.3 Å². The number of aromatic nitrogens is 3. The van der Waals surface area contributed by atoms with E-state index in [1.54, 1.807) is 0 Å². The van der Waals surface area contributed by atoms with Crippen molar-refractivity contribution in [2.75, 3.05) is 0 Å². The summed E-state index contributed by atoms with van der Waals surface area (Å²) < 4.78 is -0.553. The number of hydrogen-bond donors (Lipinski definition) is 1. The molecule has 0 bridgehead atoms. The van der Waals surface area contributed by atoms with Crippen molar-refractivity contribution in [1.29, 1.82) is 0 Å². The summed E-state index contributed by atoms with van der Waals surface area (Å²) in [6.45, 7) is 2.34. The quantitative estimate of drug-likeness (QED) is 0.857. The Morgan fingerprint density at radius 2 is 2.13 bits per heavy atom. The lowest BCUT2D eigenvalue weighted by Crippen LogP contribution is -2.15. The minimum absolute atomic E-state index is 0.0122. The Bertz CT molecular complexity index is 372. The van der Waals surface area contributed by atoms with Crippen LogP contribution in [0.1, 0.15) is 29.5 Å². The van der Waals surface area contributed by atoms with Crippen LogP contribution in [0.5, 0.6) is 0 Å². The van der Waals surface area contributed by atoms with Crippen LogP contribution >= 0.6 is 34.8 Å². The van der Waals surface area contributed by atoms with Crippen LogP contribution in [0, 0.1) is 0 Å². The van der Waals surface area contributed by atoms with Gasteiger partial charge in [0.05, 0.1) is 0 Å². The molecule has 0 fully saturated rings. The molecule has 1 aromatic rings. The van der Waals surface area contributed by atoms with Gasteiger partial charge in [-0.25, -0.2) is 9.48 Å². The molecule has 0 unspecified atom stereocenters. The Hall–Kier alpha value is -0.520. The van der Waals surface area contributed by atoms with Crippen molar-refractivity contribution in [3.05, 3.63) is 11.4 Å². The van der Waals surface area contributed by atoms with Gasteiger partial charge < -0.3 is 5.11 Å². The number of aromatic carboxylic acids is 1. The van der Waals surface area contributed by atoms with Crippen LogP contribution in [0.25, 0.3) is 0 Å². The topological polar surface area (TPSA) is 68.0 Å². The Morgan fingerprint density at radius 3 is 2.53 bits per heavy atom. The Labute approximate surface area is 101 Å². The molecule has 0 saturated carbocycles. The number of hydrogen-bond acceptors (Lipinski definition) is 3. The van der Waals surface area contributed by atoms with Crippen molar-refractivity contribution in [3.8, 4) is 0 Å². The number of rotatable bonds is 3. The van der Waals surface area contributed by atoms with E-state index in [4.69, 9.17) is 39.9 Å². The standard InChI is InChI=1S/C7H8Cl3N3O2/c1-2-3-13-5(7(8,9)10)4(6(14)15)11-12-13/h2-3H2,1H3,(H,14,15). The summed E-state index contributed by atoms with van der Waals surface area (Å²) in [7, 11) is 0. The predicted molar refractivity (Wildman–Crippen MR) is 56.5 cm³/mol. The Kier molecular flexibility index (Phi) is 3.81. The van der Waals surface area contributed by atoms with E-state index in [9.17, 15) is 4.79 Å². The number of aryl methyl sites for hydroxylation is 1. The molecule has 5 nitrogen and oxygen atoms in total. The second-order valence-corrected chi connectivity index (χ2v) is 5.09. The van der Waals surface area contributed by atoms with Gasteiger partial charge in [-0.2, -0.15) is 0 Å². The molecule has 8 heteroatoms. The van der Waals surface area contributed by atoms with Gasteiger partial charge in [0.15, 0.2) is 5.69 Å². The zero-order valence-electron chi connectivity index (χ0n) is 7.75. The van der Waals surface area contributed by atoms with Gasteiger partial charge in [-0.1, -0.05) is 46.9 Å². The summed E-state index contributed by atoms with van der Waals surface area (Å²) in [4.78, 5) is 10.8. The van der Waals surface area contributed by atoms with Gasteiger partial charge in [0.2, 0.25) is 3.79 Å². The van der Waals surface area contributed by atoms with Crippen LogP contribution in [0.3, 0.4) is 0 Å². The van der Waals surface area contributed by atoms with Gasteiger partial charge in [-0.05, 0) is 6.42 Å². The maximum Gasteiger partial charge on any atom is 0.358 e. The first-order valence-electron chi connectivity index (χ1n) is 4.12. The van der Waals surface area contributed by atoms with Gasteiger partial charge in [0, 0.05) is 6.54 Å². The highest BCUT2D eigenvalue weighted by Crippen LogP contribution is 2.39. The molecule has 0 atom stereocenters. The summed E-state index contributed by atoms with van der Waals surface area (Å²) in [5.74, 6) is -1.27. The predicted octanol–water partition coefficient (Wildman–Crippen LogP) is 2.21. The molecule has 0 aliphatic carbocycles.